The molecule has 0 aliphatic carbocycles. The third-order valence-corrected chi connectivity index (χ3v) is 5.82. The Bertz CT molecular complexity index is 947. The molecule has 2 aromatic rings. The van der Waals surface area contributed by atoms with E-state index < -0.39 is 20.5 Å². The van der Waals surface area contributed by atoms with Crippen molar-refractivity contribution in [3.05, 3.63) is 48.0 Å². The lowest BCUT2D eigenvalue weighted by Crippen LogP contribution is -2.37. The first-order chi connectivity index (χ1) is 12.8. The number of nitrogens with one attached hydrogen (secondary N) is 1. The molecule has 0 saturated carbocycles. The van der Waals surface area contributed by atoms with Gasteiger partial charge in [-0.2, -0.15) is 8.78 Å². The zero-order chi connectivity index (χ0) is 19.6. The lowest BCUT2D eigenvalue weighted by Gasteiger charge is -2.31. The fraction of sp³-hybridized carbons (Fsp3) is 0.278. The van der Waals surface area contributed by atoms with E-state index >= 15 is 0 Å². The van der Waals surface area contributed by atoms with Gasteiger partial charge in [-0.1, -0.05) is 6.07 Å². The van der Waals surface area contributed by atoms with Gasteiger partial charge in [0.2, 0.25) is 15.7 Å². The molecule has 6 nitrogen and oxygen atoms in total. The van der Waals surface area contributed by atoms with Gasteiger partial charge in [0.1, 0.15) is 0 Å². The first kappa shape index (κ1) is 19.1. The van der Waals surface area contributed by atoms with Crippen LogP contribution in [0.3, 0.4) is 0 Å². The van der Waals surface area contributed by atoms with E-state index in [9.17, 15) is 22.0 Å². The Morgan fingerprint density at radius 2 is 1.89 bits per heavy atom. The molecule has 9 heteroatoms. The van der Waals surface area contributed by atoms with Crippen molar-refractivity contribution in [1.82, 2.24) is 0 Å². The molecular weight excluding hydrogens is 376 g/mol. The average molecular weight is 395 g/mol. The van der Waals surface area contributed by atoms with E-state index in [-0.39, 0.29) is 12.5 Å². The molecule has 0 bridgehead atoms. The monoisotopic (exact) mass is 395 g/mol. The Hall–Kier alpha value is -2.68. The van der Waals surface area contributed by atoms with Crippen LogP contribution in [0.4, 0.5) is 25.8 Å². The van der Waals surface area contributed by atoms with Crippen LogP contribution in [0.25, 0.3) is 0 Å². The Morgan fingerprint density at radius 1 is 1.19 bits per heavy atom. The number of hydrogen-bond acceptors (Lipinski definition) is 5. The number of rotatable bonds is 5. The minimum Gasteiger partial charge on any atom is -0.398 e. The average Bonchev–Trinajstić information content (AvgIpc) is 2.63. The molecule has 1 aliphatic rings. The predicted molar refractivity (Wildman–Crippen MR) is 99.6 cm³/mol. The molecule has 144 valence electrons. The number of nitrogen functional groups attached to an aromatic ring is 1. The molecule has 0 unspecified atom stereocenters. The summed E-state index contributed by atoms with van der Waals surface area (Å²) in [7, 11) is -4.65. The summed E-state index contributed by atoms with van der Waals surface area (Å²) in [4.78, 5) is 13.8. The van der Waals surface area contributed by atoms with Gasteiger partial charge in [0.15, 0.2) is 0 Å². The number of hydrogen-bond donors (Lipinski definition) is 2. The Labute approximate surface area is 155 Å². The summed E-state index contributed by atoms with van der Waals surface area (Å²) in [5.41, 5.74) is 8.98. The second-order valence-corrected chi connectivity index (χ2v) is 8.17. The van der Waals surface area contributed by atoms with Crippen molar-refractivity contribution in [3.63, 3.8) is 0 Å². The quantitative estimate of drug-likeness (QED) is 0.760. The van der Waals surface area contributed by atoms with E-state index in [1.807, 2.05) is 23.1 Å². The molecule has 2 aromatic carbocycles. The predicted octanol–water partition coefficient (Wildman–Crippen LogP) is 2.66. The van der Waals surface area contributed by atoms with Crippen molar-refractivity contribution >= 4 is 32.8 Å². The number of halogens is 2. The van der Waals surface area contributed by atoms with Crippen LogP contribution < -0.4 is 16.0 Å². The van der Waals surface area contributed by atoms with Gasteiger partial charge in [-0.25, -0.2) is 8.42 Å². The van der Waals surface area contributed by atoms with E-state index in [1.165, 1.54) is 12.1 Å². The summed E-state index contributed by atoms with van der Waals surface area (Å²) in [6, 6.07) is 10.3. The van der Waals surface area contributed by atoms with Gasteiger partial charge in [0.25, 0.3) is 0 Å². The summed E-state index contributed by atoms with van der Waals surface area (Å²) in [6.07, 6.45) is 1.74. The Morgan fingerprint density at radius 3 is 2.56 bits per heavy atom. The number of carbonyl (C=O) groups is 1. The van der Waals surface area contributed by atoms with E-state index in [4.69, 9.17) is 5.73 Å². The SMILES string of the molecule is Nc1cccc2c1CCCN2CC(=O)Nc1ccc(S(=O)(=O)C(F)F)cc1. The first-order valence-electron chi connectivity index (χ1n) is 8.33. The molecule has 0 fully saturated rings. The summed E-state index contributed by atoms with van der Waals surface area (Å²) in [6.45, 7) is 0.822. The van der Waals surface area contributed by atoms with E-state index in [1.54, 1.807) is 0 Å². The molecule has 1 heterocycles. The van der Waals surface area contributed by atoms with Crippen LogP contribution in [0, 0.1) is 0 Å². The van der Waals surface area contributed by atoms with Crippen molar-refractivity contribution < 1.29 is 22.0 Å². The molecule has 0 atom stereocenters. The van der Waals surface area contributed by atoms with Gasteiger partial charge in [-0.05, 0) is 54.8 Å². The van der Waals surface area contributed by atoms with Crippen LogP contribution in [0.15, 0.2) is 47.4 Å². The normalized spacial score (nSPS) is 14.1. The minimum absolute atomic E-state index is 0.105. The van der Waals surface area contributed by atoms with Gasteiger partial charge >= 0.3 is 5.76 Å². The van der Waals surface area contributed by atoms with Gasteiger partial charge in [0.05, 0.1) is 11.4 Å². The molecule has 0 aromatic heterocycles. The number of alkyl halides is 2. The highest BCUT2D eigenvalue weighted by Crippen LogP contribution is 2.31. The number of anilines is 3. The summed E-state index contributed by atoms with van der Waals surface area (Å²) in [5.74, 6) is -3.78. The van der Waals surface area contributed by atoms with Crippen LogP contribution in [0.2, 0.25) is 0 Å². The van der Waals surface area contributed by atoms with Crippen LogP contribution in [-0.4, -0.2) is 33.2 Å². The van der Waals surface area contributed by atoms with Crippen LogP contribution in [0.5, 0.6) is 0 Å². The van der Waals surface area contributed by atoms with Crippen molar-refractivity contribution in [2.45, 2.75) is 23.5 Å². The molecule has 0 spiro atoms. The smallest absolute Gasteiger partial charge is 0.341 e. The molecule has 27 heavy (non-hydrogen) atoms. The van der Waals surface area contributed by atoms with Gasteiger partial charge < -0.3 is 16.0 Å². The highest BCUT2D eigenvalue weighted by atomic mass is 32.2. The summed E-state index contributed by atoms with van der Waals surface area (Å²) >= 11 is 0. The highest BCUT2D eigenvalue weighted by Gasteiger charge is 2.26. The maximum Gasteiger partial charge on any atom is 0.341 e. The number of sulfone groups is 1. The number of amides is 1. The Balaban J connectivity index is 1.68. The van der Waals surface area contributed by atoms with Crippen molar-refractivity contribution in [2.75, 3.05) is 29.0 Å². The Kier molecular flexibility index (Phi) is 5.31. The lowest BCUT2D eigenvalue weighted by atomic mass is 10.00. The number of carbonyl (C=O) groups excluding carboxylic acids is 1. The van der Waals surface area contributed by atoms with Crippen LogP contribution in [0.1, 0.15) is 12.0 Å². The molecule has 3 rings (SSSR count). The van der Waals surface area contributed by atoms with E-state index in [0.29, 0.717) is 11.4 Å². The standard InChI is InChI=1S/C18H19F2N3O3S/c19-18(20)27(25,26)13-8-6-12(7-9-13)22-17(24)11-23-10-2-3-14-15(21)4-1-5-16(14)23/h1,4-9,18H,2-3,10-11,21H2,(H,22,24). The number of nitrogens with two attached hydrogens (primary N) is 1. The third-order valence-electron chi connectivity index (χ3n) is 4.42. The van der Waals surface area contributed by atoms with Crippen LogP contribution in [-0.2, 0) is 21.1 Å². The van der Waals surface area contributed by atoms with E-state index in [0.717, 1.165) is 42.8 Å². The maximum atomic E-state index is 12.5. The van der Waals surface area contributed by atoms with Gasteiger partial charge in [-0.3, -0.25) is 4.79 Å². The molecule has 3 N–H and O–H groups in total. The second kappa shape index (κ2) is 7.51. The molecular formula is C18H19F2N3O3S. The number of fused-ring (bicyclic) bond motifs is 1. The molecule has 1 amide bonds. The third kappa shape index (κ3) is 4.02. The number of benzene rings is 2. The maximum absolute atomic E-state index is 12.5. The summed E-state index contributed by atoms with van der Waals surface area (Å²) < 4.78 is 47.9. The largest absolute Gasteiger partial charge is 0.398 e. The fourth-order valence-corrected chi connectivity index (χ4v) is 3.82. The fourth-order valence-electron chi connectivity index (χ4n) is 3.10. The van der Waals surface area contributed by atoms with Gasteiger partial charge in [0, 0.05) is 23.6 Å². The lowest BCUT2D eigenvalue weighted by molar-refractivity contribution is -0.115. The molecule has 1 aliphatic heterocycles. The second-order valence-electron chi connectivity index (χ2n) is 6.25. The highest BCUT2D eigenvalue weighted by molar-refractivity contribution is 7.91. The topological polar surface area (TPSA) is 92.5 Å². The molecule has 0 saturated heterocycles. The van der Waals surface area contributed by atoms with Gasteiger partial charge in [-0.15, -0.1) is 0 Å². The summed E-state index contributed by atoms with van der Waals surface area (Å²) in [5, 5.41) is 2.65. The number of nitrogens with zero attached hydrogens (tertiary/aromatic N) is 1. The van der Waals surface area contributed by atoms with Crippen molar-refractivity contribution in [2.24, 2.45) is 0 Å². The van der Waals surface area contributed by atoms with Crippen molar-refractivity contribution in [3.8, 4) is 0 Å². The van der Waals surface area contributed by atoms with Crippen molar-refractivity contribution in [1.29, 1.82) is 0 Å². The first-order valence-corrected chi connectivity index (χ1v) is 9.88. The zero-order valence-electron chi connectivity index (χ0n) is 14.4. The molecule has 0 radical (unpaired) electrons. The minimum atomic E-state index is -4.65. The zero-order valence-corrected chi connectivity index (χ0v) is 15.2. The van der Waals surface area contributed by atoms with Crippen LogP contribution >= 0.6 is 0 Å². The van der Waals surface area contributed by atoms with E-state index in [2.05, 4.69) is 5.32 Å².